The number of benzene rings is 2. The van der Waals surface area contributed by atoms with Crippen molar-refractivity contribution >= 4 is 5.78 Å². The van der Waals surface area contributed by atoms with E-state index >= 15 is 0 Å². The first kappa shape index (κ1) is 20.3. The van der Waals surface area contributed by atoms with Gasteiger partial charge in [-0.2, -0.15) is 0 Å². The van der Waals surface area contributed by atoms with Crippen LogP contribution in [0.15, 0.2) is 79.1 Å². The fourth-order valence-electron chi connectivity index (χ4n) is 3.39. The van der Waals surface area contributed by atoms with Crippen molar-refractivity contribution in [3.05, 3.63) is 102 Å². The van der Waals surface area contributed by atoms with Crippen molar-refractivity contribution < 1.29 is 14.3 Å². The van der Waals surface area contributed by atoms with Crippen molar-refractivity contribution in [2.24, 2.45) is 0 Å². The molecular formula is C25H23N3O3. The van der Waals surface area contributed by atoms with Gasteiger partial charge in [0.05, 0.1) is 0 Å². The largest absolute Gasteiger partial charge is 0.485 e. The summed E-state index contributed by atoms with van der Waals surface area (Å²) in [5.74, 6) is 1.02. The van der Waals surface area contributed by atoms with Gasteiger partial charge in [-0.05, 0) is 43.7 Å². The number of hydrogen-bond donors (Lipinski definition) is 0. The van der Waals surface area contributed by atoms with Crippen LogP contribution in [0.3, 0.4) is 0 Å². The minimum atomic E-state index is -0.0647. The van der Waals surface area contributed by atoms with Gasteiger partial charge in [-0.3, -0.25) is 4.79 Å². The van der Waals surface area contributed by atoms with Gasteiger partial charge in [-0.15, -0.1) is 0 Å². The number of carbonyl (C=O) groups is 1. The quantitative estimate of drug-likeness (QED) is 0.381. The van der Waals surface area contributed by atoms with Crippen LogP contribution in [0.2, 0.25) is 0 Å². The lowest BCUT2D eigenvalue weighted by Gasteiger charge is -2.10. The van der Waals surface area contributed by atoms with Gasteiger partial charge < -0.3 is 14.0 Å². The van der Waals surface area contributed by atoms with Crippen LogP contribution in [0.1, 0.15) is 27.3 Å². The molecule has 0 N–H and O–H groups in total. The van der Waals surface area contributed by atoms with Crippen LogP contribution in [0.4, 0.5) is 0 Å². The molecule has 0 spiro atoms. The van der Waals surface area contributed by atoms with E-state index in [1.807, 2.05) is 38.1 Å². The number of hydrogen-bond acceptors (Lipinski definition) is 5. The third-order valence-corrected chi connectivity index (χ3v) is 4.98. The highest BCUT2D eigenvalue weighted by molar-refractivity contribution is 5.98. The second-order valence-electron chi connectivity index (χ2n) is 7.18. The molecule has 31 heavy (non-hydrogen) atoms. The van der Waals surface area contributed by atoms with E-state index in [1.54, 1.807) is 42.7 Å². The van der Waals surface area contributed by atoms with Crippen LogP contribution in [0.25, 0.3) is 0 Å². The molecule has 156 valence electrons. The van der Waals surface area contributed by atoms with E-state index in [1.165, 1.54) is 5.56 Å². The number of aromatic nitrogens is 3. The summed E-state index contributed by atoms with van der Waals surface area (Å²) in [5, 5.41) is 0. The highest BCUT2D eigenvalue weighted by atomic mass is 16.5. The van der Waals surface area contributed by atoms with Crippen molar-refractivity contribution in [1.29, 1.82) is 0 Å². The first-order valence-corrected chi connectivity index (χ1v) is 10.0. The monoisotopic (exact) mass is 413 g/mol. The number of ether oxygens (including phenoxy) is 2. The average molecular weight is 413 g/mol. The second-order valence-corrected chi connectivity index (χ2v) is 7.18. The fraction of sp³-hybridized carbons (Fsp3) is 0.160. The van der Waals surface area contributed by atoms with Crippen molar-refractivity contribution in [1.82, 2.24) is 14.5 Å². The van der Waals surface area contributed by atoms with E-state index in [9.17, 15) is 4.79 Å². The van der Waals surface area contributed by atoms with E-state index in [4.69, 9.17) is 9.47 Å². The van der Waals surface area contributed by atoms with Crippen LogP contribution < -0.4 is 9.47 Å². The van der Waals surface area contributed by atoms with E-state index < -0.39 is 0 Å². The predicted molar refractivity (Wildman–Crippen MR) is 118 cm³/mol. The third kappa shape index (κ3) is 4.98. The molecule has 0 unspecified atom stereocenters. The summed E-state index contributed by atoms with van der Waals surface area (Å²) in [7, 11) is 0. The highest BCUT2D eigenvalue weighted by Gasteiger charge is 2.16. The Labute approximate surface area is 181 Å². The number of carbonyl (C=O) groups excluding carboxylic acids is 1. The molecule has 2 aromatic heterocycles. The van der Waals surface area contributed by atoms with Gasteiger partial charge in [0, 0.05) is 42.0 Å². The summed E-state index contributed by atoms with van der Waals surface area (Å²) in [6.07, 6.45) is 3.21. The summed E-state index contributed by atoms with van der Waals surface area (Å²) in [6.45, 7) is 4.66. The Morgan fingerprint density at radius 3 is 2.42 bits per heavy atom. The number of nitrogens with zero attached hydrogens (tertiary/aromatic N) is 3. The molecule has 0 bridgehead atoms. The normalized spacial score (nSPS) is 10.6. The van der Waals surface area contributed by atoms with Gasteiger partial charge in [0.25, 0.3) is 0 Å². The Balaban J connectivity index is 1.42. The molecule has 4 aromatic rings. The molecule has 6 heteroatoms. The molecule has 0 saturated carbocycles. The molecule has 4 rings (SSSR count). The fourth-order valence-corrected chi connectivity index (χ4v) is 3.39. The molecular weight excluding hydrogens is 390 g/mol. The Bertz CT molecular complexity index is 1170. The molecule has 0 aliphatic heterocycles. The second kappa shape index (κ2) is 9.26. The van der Waals surface area contributed by atoms with Gasteiger partial charge in [0.15, 0.2) is 6.61 Å². The molecule has 0 aliphatic carbocycles. The Hall–Kier alpha value is -3.93. The minimum absolute atomic E-state index is 0.0546. The van der Waals surface area contributed by atoms with Gasteiger partial charge in [0.1, 0.15) is 11.5 Å². The van der Waals surface area contributed by atoms with Gasteiger partial charge >= 0.3 is 6.01 Å². The van der Waals surface area contributed by atoms with E-state index in [-0.39, 0.29) is 18.4 Å². The van der Waals surface area contributed by atoms with E-state index in [0.717, 1.165) is 17.9 Å². The SMILES string of the molecule is Cc1cc(C(=O)COc2cccc(Oc3ncccn3)c2)c(C)n1Cc1ccccc1. The minimum Gasteiger partial charge on any atom is -0.485 e. The van der Waals surface area contributed by atoms with Crippen LogP contribution >= 0.6 is 0 Å². The van der Waals surface area contributed by atoms with Gasteiger partial charge in [-0.25, -0.2) is 9.97 Å². The van der Waals surface area contributed by atoms with Crippen LogP contribution in [-0.4, -0.2) is 26.9 Å². The maximum Gasteiger partial charge on any atom is 0.321 e. The predicted octanol–water partition coefficient (Wildman–Crippen LogP) is 5.00. The molecule has 0 aliphatic rings. The average Bonchev–Trinajstić information content (AvgIpc) is 3.07. The molecule has 2 aromatic carbocycles. The number of ketones is 1. The van der Waals surface area contributed by atoms with E-state index in [0.29, 0.717) is 17.1 Å². The maximum atomic E-state index is 12.8. The van der Waals surface area contributed by atoms with Crippen LogP contribution in [0, 0.1) is 13.8 Å². The number of rotatable bonds is 8. The Morgan fingerprint density at radius 2 is 1.65 bits per heavy atom. The smallest absolute Gasteiger partial charge is 0.321 e. The summed E-state index contributed by atoms with van der Waals surface area (Å²) in [6, 6.07) is 21.2. The zero-order valence-corrected chi connectivity index (χ0v) is 17.5. The molecule has 0 atom stereocenters. The molecule has 6 nitrogen and oxygen atoms in total. The van der Waals surface area contributed by atoms with Crippen molar-refractivity contribution in [3.8, 4) is 17.5 Å². The first-order valence-electron chi connectivity index (χ1n) is 10.0. The number of aryl methyl sites for hydroxylation is 1. The number of Topliss-reactive ketones (excluding diaryl/α,β-unsaturated/α-hetero) is 1. The summed E-state index contributed by atoms with van der Waals surface area (Å²) in [4.78, 5) is 20.9. The molecule has 0 radical (unpaired) electrons. The molecule has 2 heterocycles. The van der Waals surface area contributed by atoms with E-state index in [2.05, 4.69) is 26.7 Å². The topological polar surface area (TPSA) is 66.2 Å². The Kier molecular flexibility index (Phi) is 6.08. The van der Waals surface area contributed by atoms with Crippen molar-refractivity contribution in [3.63, 3.8) is 0 Å². The Morgan fingerprint density at radius 1 is 0.903 bits per heavy atom. The maximum absolute atomic E-state index is 12.8. The summed E-state index contributed by atoms with van der Waals surface area (Å²) in [5.41, 5.74) is 3.86. The lowest BCUT2D eigenvalue weighted by atomic mass is 10.1. The molecule has 0 saturated heterocycles. The molecule has 0 fully saturated rings. The third-order valence-electron chi connectivity index (χ3n) is 4.98. The molecule has 0 amide bonds. The highest BCUT2D eigenvalue weighted by Crippen LogP contribution is 2.23. The van der Waals surface area contributed by atoms with Crippen LogP contribution in [0.5, 0.6) is 17.5 Å². The van der Waals surface area contributed by atoms with Crippen molar-refractivity contribution in [2.45, 2.75) is 20.4 Å². The zero-order chi connectivity index (χ0) is 21.6. The van der Waals surface area contributed by atoms with Gasteiger partial charge in [0.2, 0.25) is 5.78 Å². The van der Waals surface area contributed by atoms with Crippen LogP contribution in [-0.2, 0) is 6.54 Å². The van der Waals surface area contributed by atoms with Crippen molar-refractivity contribution in [2.75, 3.05) is 6.61 Å². The van der Waals surface area contributed by atoms with Gasteiger partial charge in [-0.1, -0.05) is 36.4 Å². The lowest BCUT2D eigenvalue weighted by molar-refractivity contribution is 0.0920. The lowest BCUT2D eigenvalue weighted by Crippen LogP contribution is -2.13. The zero-order valence-electron chi connectivity index (χ0n) is 17.5. The summed E-state index contributed by atoms with van der Waals surface area (Å²) < 4.78 is 13.5. The summed E-state index contributed by atoms with van der Waals surface area (Å²) >= 11 is 0. The first-order chi connectivity index (χ1) is 15.1. The standard InChI is InChI=1S/C25H23N3O3/c1-18-14-23(19(2)28(18)16-20-8-4-3-5-9-20)24(29)17-30-21-10-6-11-22(15-21)31-25-26-12-7-13-27-25/h3-15H,16-17H2,1-2H3.